The number of amides is 1. The first-order valence-corrected chi connectivity index (χ1v) is 10.9. The molecule has 1 aromatic rings. The molecule has 2 aliphatic rings. The lowest BCUT2D eigenvalue weighted by molar-refractivity contribution is -0.168. The number of nitrogens with one attached hydrogen (secondary N) is 2. The van der Waals surface area contributed by atoms with E-state index in [0.717, 1.165) is 0 Å². The van der Waals surface area contributed by atoms with E-state index in [4.69, 9.17) is 4.84 Å². The summed E-state index contributed by atoms with van der Waals surface area (Å²) in [6.07, 6.45) is -4.50. The van der Waals surface area contributed by atoms with Crippen LogP contribution < -0.4 is 10.6 Å². The van der Waals surface area contributed by atoms with E-state index >= 15 is 0 Å². The first kappa shape index (κ1) is 26.4. The predicted molar refractivity (Wildman–Crippen MR) is 119 cm³/mol. The maximum Gasteiger partial charge on any atom is 0.416 e. The van der Waals surface area contributed by atoms with Crippen LogP contribution in [0.25, 0.3) is 0 Å². The van der Waals surface area contributed by atoms with E-state index in [0.29, 0.717) is 24.1 Å². The van der Waals surface area contributed by atoms with Gasteiger partial charge in [-0.25, -0.2) is 8.78 Å². The minimum atomic E-state index is -4.72. The Morgan fingerprint density at radius 1 is 1.20 bits per heavy atom. The van der Waals surface area contributed by atoms with E-state index in [-0.39, 0.29) is 42.1 Å². The number of Topliss-reactive ketones (excluding diaryl/α,β-unsaturated/α-hetero) is 1. The zero-order valence-electron chi connectivity index (χ0n) is 19.7. The summed E-state index contributed by atoms with van der Waals surface area (Å²) in [7, 11) is 0. The maximum absolute atomic E-state index is 15.0. The molecular formula is C24H26F5N3O3. The van der Waals surface area contributed by atoms with Crippen molar-refractivity contribution in [1.82, 2.24) is 10.6 Å². The van der Waals surface area contributed by atoms with E-state index in [1.807, 2.05) is 0 Å². The van der Waals surface area contributed by atoms with Crippen LogP contribution in [0, 0.1) is 6.92 Å². The number of carbonyl (C=O) groups is 2. The number of ketones is 1. The third kappa shape index (κ3) is 5.38. The van der Waals surface area contributed by atoms with Gasteiger partial charge in [0.15, 0.2) is 0 Å². The van der Waals surface area contributed by atoms with Crippen LogP contribution in [0.15, 0.2) is 46.3 Å². The minimum Gasteiger partial charge on any atom is -0.384 e. The molecule has 3 rings (SSSR count). The molecule has 1 atom stereocenters. The second-order valence-electron chi connectivity index (χ2n) is 8.86. The molecule has 0 spiro atoms. The first-order chi connectivity index (χ1) is 16.2. The average Bonchev–Trinajstić information content (AvgIpc) is 3.10. The van der Waals surface area contributed by atoms with Crippen LogP contribution in [0.3, 0.4) is 0 Å². The quantitative estimate of drug-likeness (QED) is 0.562. The van der Waals surface area contributed by atoms with Gasteiger partial charge in [0.2, 0.25) is 5.60 Å². The van der Waals surface area contributed by atoms with Gasteiger partial charge in [-0.3, -0.25) is 9.59 Å². The smallest absolute Gasteiger partial charge is 0.384 e. The lowest BCUT2D eigenvalue weighted by atomic mass is 9.84. The molecule has 2 N–H and O–H groups in total. The number of benzene rings is 1. The molecule has 35 heavy (non-hydrogen) atoms. The fourth-order valence-corrected chi connectivity index (χ4v) is 4.02. The standard InChI is InChI=1S/C24H26F5N3O3/c1-13-7-8-30-20(10-18(13)24(27,28)29)23(22(4,25)26)11-19(32-35-23)16-5-6-17(14(2)9-16)21(34)31-12-15(3)33/h5-6,9-10,30H,7-8,11-12H2,1-4H3,(H,31,34). The minimum absolute atomic E-state index is 0.0248. The molecular weight excluding hydrogens is 473 g/mol. The van der Waals surface area contributed by atoms with E-state index in [2.05, 4.69) is 15.8 Å². The highest BCUT2D eigenvalue weighted by molar-refractivity contribution is 6.04. The molecule has 1 aromatic carbocycles. The van der Waals surface area contributed by atoms with Crippen LogP contribution in [-0.4, -0.2) is 48.2 Å². The summed E-state index contributed by atoms with van der Waals surface area (Å²) in [5, 5.41) is 9.00. The number of nitrogens with zero attached hydrogens (tertiary/aromatic N) is 1. The molecule has 0 saturated heterocycles. The van der Waals surface area contributed by atoms with Crippen molar-refractivity contribution < 1.29 is 36.4 Å². The van der Waals surface area contributed by atoms with E-state index < -0.39 is 41.3 Å². The highest BCUT2D eigenvalue weighted by Gasteiger charge is 2.60. The summed E-state index contributed by atoms with van der Waals surface area (Å²) in [6, 6.07) is 4.50. The first-order valence-electron chi connectivity index (χ1n) is 10.9. The normalized spacial score (nSPS) is 20.9. The third-order valence-electron chi connectivity index (χ3n) is 6.04. The zero-order valence-corrected chi connectivity index (χ0v) is 19.7. The van der Waals surface area contributed by atoms with Crippen molar-refractivity contribution in [2.24, 2.45) is 5.16 Å². The Balaban J connectivity index is 1.94. The summed E-state index contributed by atoms with van der Waals surface area (Å²) >= 11 is 0. The summed E-state index contributed by atoms with van der Waals surface area (Å²) in [4.78, 5) is 28.6. The molecule has 0 aromatic heterocycles. The number of rotatable bonds is 6. The van der Waals surface area contributed by atoms with Crippen molar-refractivity contribution in [2.75, 3.05) is 13.1 Å². The maximum atomic E-state index is 15.0. The van der Waals surface area contributed by atoms with Gasteiger partial charge in [0.05, 0.1) is 23.5 Å². The number of alkyl halides is 5. The largest absolute Gasteiger partial charge is 0.416 e. The Kier molecular flexibility index (Phi) is 7.10. The number of allylic oxidation sites excluding steroid dienone is 2. The van der Waals surface area contributed by atoms with Crippen molar-refractivity contribution in [3.63, 3.8) is 0 Å². The Bertz CT molecular complexity index is 1130. The Morgan fingerprint density at radius 3 is 2.46 bits per heavy atom. The van der Waals surface area contributed by atoms with Crippen molar-refractivity contribution in [2.45, 2.75) is 58.2 Å². The van der Waals surface area contributed by atoms with Crippen LogP contribution in [0.2, 0.25) is 0 Å². The summed E-state index contributed by atoms with van der Waals surface area (Å²) < 4.78 is 70.7. The highest BCUT2D eigenvalue weighted by atomic mass is 19.4. The molecule has 0 bridgehead atoms. The Labute approximate surface area is 199 Å². The van der Waals surface area contributed by atoms with Gasteiger partial charge in [-0.15, -0.1) is 0 Å². The van der Waals surface area contributed by atoms with Crippen molar-refractivity contribution in [1.29, 1.82) is 0 Å². The number of halogens is 5. The van der Waals surface area contributed by atoms with Crippen LogP contribution in [0.5, 0.6) is 0 Å². The molecule has 1 amide bonds. The van der Waals surface area contributed by atoms with Gasteiger partial charge < -0.3 is 15.5 Å². The van der Waals surface area contributed by atoms with Gasteiger partial charge in [0.1, 0.15) is 5.78 Å². The predicted octanol–water partition coefficient (Wildman–Crippen LogP) is 4.59. The lowest BCUT2D eigenvalue weighted by Gasteiger charge is -2.35. The van der Waals surface area contributed by atoms with Gasteiger partial charge in [-0.1, -0.05) is 16.8 Å². The molecule has 190 valence electrons. The molecule has 2 heterocycles. The summed E-state index contributed by atoms with van der Waals surface area (Å²) in [5.41, 5.74) is -2.56. The number of oxime groups is 1. The third-order valence-corrected chi connectivity index (χ3v) is 6.04. The molecule has 1 unspecified atom stereocenters. The van der Waals surface area contributed by atoms with Crippen molar-refractivity contribution in [3.05, 3.63) is 57.8 Å². The second-order valence-corrected chi connectivity index (χ2v) is 8.86. The number of aryl methyl sites for hydroxylation is 1. The molecule has 0 saturated carbocycles. The fraction of sp³-hybridized carbons (Fsp3) is 0.458. The second kappa shape index (κ2) is 9.43. The van der Waals surface area contributed by atoms with Gasteiger partial charge in [-0.2, -0.15) is 13.2 Å². The molecule has 2 aliphatic heterocycles. The zero-order chi connectivity index (χ0) is 26.2. The topological polar surface area (TPSA) is 79.8 Å². The molecule has 0 fully saturated rings. The van der Waals surface area contributed by atoms with Crippen molar-refractivity contribution in [3.8, 4) is 0 Å². The molecule has 0 aliphatic carbocycles. The van der Waals surface area contributed by atoms with E-state index in [1.54, 1.807) is 13.0 Å². The van der Waals surface area contributed by atoms with Crippen molar-refractivity contribution >= 4 is 17.4 Å². The highest BCUT2D eigenvalue weighted by Crippen LogP contribution is 2.46. The number of hydrogen-bond donors (Lipinski definition) is 2. The number of hydrogen-bond acceptors (Lipinski definition) is 5. The molecule has 11 heteroatoms. The van der Waals surface area contributed by atoms with E-state index in [1.165, 1.54) is 26.0 Å². The van der Waals surface area contributed by atoms with Gasteiger partial charge >= 0.3 is 6.18 Å². The van der Waals surface area contributed by atoms with Crippen LogP contribution in [0.1, 0.15) is 55.1 Å². The monoisotopic (exact) mass is 499 g/mol. The SMILES string of the molecule is CC(=O)CNC(=O)c1ccc(C2=NOC(C3=CC(C(F)(F)F)=C(C)CCN3)(C(C)(F)F)C2)cc1C. The molecule has 6 nitrogen and oxygen atoms in total. The fourth-order valence-electron chi connectivity index (χ4n) is 4.02. The van der Waals surface area contributed by atoms with Gasteiger partial charge in [0.25, 0.3) is 11.8 Å². The van der Waals surface area contributed by atoms with Gasteiger partial charge in [-0.05, 0) is 56.5 Å². The van der Waals surface area contributed by atoms with Crippen LogP contribution in [-0.2, 0) is 9.63 Å². The Morgan fingerprint density at radius 2 is 1.89 bits per heavy atom. The lowest BCUT2D eigenvalue weighted by Crippen LogP contribution is -2.51. The summed E-state index contributed by atoms with van der Waals surface area (Å²) in [5.74, 6) is -4.28. The summed E-state index contributed by atoms with van der Waals surface area (Å²) in [6.45, 7) is 4.74. The molecule has 0 radical (unpaired) electrons. The van der Waals surface area contributed by atoms with Crippen LogP contribution in [0.4, 0.5) is 22.0 Å². The van der Waals surface area contributed by atoms with E-state index in [9.17, 15) is 31.5 Å². The Hall–Kier alpha value is -3.24. The van der Waals surface area contributed by atoms with Crippen LogP contribution >= 0.6 is 0 Å². The average molecular weight is 499 g/mol. The van der Waals surface area contributed by atoms with Gasteiger partial charge in [0, 0.05) is 25.5 Å². The number of carbonyl (C=O) groups excluding carboxylic acids is 2.